The Kier molecular flexibility index (Phi) is 7.16. The number of methoxy groups -OCH3 is 1. The van der Waals surface area contributed by atoms with Crippen LogP contribution in [-0.4, -0.2) is 41.2 Å². The van der Waals surface area contributed by atoms with Gasteiger partial charge in [0.1, 0.15) is 0 Å². The summed E-state index contributed by atoms with van der Waals surface area (Å²) in [6.07, 6.45) is 9.14. The first kappa shape index (κ1) is 28.7. The molecular formula is C34H37N5O4. The molecule has 0 spiro atoms. The number of allylic oxidation sites excluding steroid dienone is 12. The third-order valence-electron chi connectivity index (χ3n) is 9.57. The second kappa shape index (κ2) is 10.7. The first-order valence-corrected chi connectivity index (χ1v) is 14.9. The van der Waals surface area contributed by atoms with E-state index < -0.39 is 0 Å². The monoisotopic (exact) mass is 579 g/mol. The Labute approximate surface area is 251 Å². The van der Waals surface area contributed by atoms with Crippen LogP contribution in [0.4, 0.5) is 0 Å². The fourth-order valence-corrected chi connectivity index (χ4v) is 6.99. The summed E-state index contributed by atoms with van der Waals surface area (Å²) in [5.41, 5.74) is 14.9. The minimum Gasteiger partial charge on any atom is -0.469 e. The average molecular weight is 580 g/mol. The maximum atomic E-state index is 13.8. The molecule has 3 unspecified atom stereocenters. The van der Waals surface area contributed by atoms with E-state index >= 15 is 0 Å². The molecule has 2 fully saturated rings. The molecule has 1 aliphatic carbocycles. The number of ketones is 1. The molecule has 0 amide bonds. The Hall–Kier alpha value is -4.37. The van der Waals surface area contributed by atoms with E-state index in [2.05, 4.69) is 31.6 Å². The molecule has 6 aliphatic rings. The molecule has 1 saturated heterocycles. The molecule has 9 nitrogen and oxygen atoms in total. The maximum Gasteiger partial charge on any atom is 0.305 e. The SMILES string of the molecule is CCC1=C(C)C2=CC3=NC(=C(C)/C3=C/NO)C=C3NC(=C4C5=NC(=CC1=N2)C(C)=C5C(=O)C4C)C(CCC(=O)OC)C3C. The van der Waals surface area contributed by atoms with Gasteiger partial charge in [-0.1, -0.05) is 20.8 Å². The van der Waals surface area contributed by atoms with Gasteiger partial charge in [-0.25, -0.2) is 15.0 Å². The zero-order valence-electron chi connectivity index (χ0n) is 25.7. The van der Waals surface area contributed by atoms with Crippen LogP contribution < -0.4 is 10.8 Å². The van der Waals surface area contributed by atoms with E-state index in [1.165, 1.54) is 7.11 Å². The largest absolute Gasteiger partial charge is 0.469 e. The van der Waals surface area contributed by atoms with Gasteiger partial charge >= 0.3 is 5.97 Å². The molecule has 5 heterocycles. The summed E-state index contributed by atoms with van der Waals surface area (Å²) in [6, 6.07) is 0. The number of nitrogens with one attached hydrogen (secondary N) is 2. The van der Waals surface area contributed by atoms with Gasteiger partial charge in [0.25, 0.3) is 0 Å². The van der Waals surface area contributed by atoms with E-state index in [1.54, 1.807) is 6.20 Å². The number of esters is 1. The number of ether oxygens (including phenoxy) is 1. The van der Waals surface area contributed by atoms with E-state index in [-0.39, 0.29) is 35.9 Å². The first-order chi connectivity index (χ1) is 20.6. The number of carbonyl (C=O) groups excluding carboxylic acids is 2. The molecule has 8 bridgehead atoms. The molecule has 5 aliphatic heterocycles. The van der Waals surface area contributed by atoms with Crippen molar-refractivity contribution in [2.45, 2.75) is 60.8 Å². The van der Waals surface area contributed by atoms with Crippen LogP contribution in [0.3, 0.4) is 0 Å². The van der Waals surface area contributed by atoms with Gasteiger partial charge < -0.3 is 10.1 Å². The molecule has 3 atom stereocenters. The molecule has 6 rings (SSSR count). The summed E-state index contributed by atoms with van der Waals surface area (Å²) in [5.74, 6) is -0.616. The standard InChI is InChI=1S/C34H37N5O4/c1-8-20-15(2)24-12-28-22(14-35-42)17(4)23(37-28)11-25-16(3)21(9-10-29(40)43-7)32(38-25)30-19(6)34(41)31-18(5)26(39-33(30)31)13-27(20)36-24/h11-14,16,19,21,35,38,42H,8-10H2,1-7H3/b22-14-,24-12?,25-11?,26-13?,32-30?. The quantitative estimate of drug-likeness (QED) is 0.293. The highest BCUT2D eigenvalue weighted by atomic mass is 16.5. The predicted molar refractivity (Wildman–Crippen MR) is 166 cm³/mol. The van der Waals surface area contributed by atoms with Gasteiger partial charge in [-0.2, -0.15) is 0 Å². The van der Waals surface area contributed by atoms with Crippen molar-refractivity contribution < 1.29 is 19.5 Å². The summed E-state index contributed by atoms with van der Waals surface area (Å²) in [6.45, 7) is 12.2. The molecule has 43 heavy (non-hydrogen) atoms. The third kappa shape index (κ3) is 4.45. The minimum absolute atomic E-state index is 0.0106. The molecule has 3 N–H and O–H groups in total. The first-order valence-electron chi connectivity index (χ1n) is 14.9. The van der Waals surface area contributed by atoms with Gasteiger partial charge in [0.05, 0.1) is 41.3 Å². The van der Waals surface area contributed by atoms with Gasteiger partial charge in [-0.15, -0.1) is 0 Å². The van der Waals surface area contributed by atoms with Crippen LogP contribution in [0.1, 0.15) is 60.8 Å². The summed E-state index contributed by atoms with van der Waals surface area (Å²) in [5, 5.41) is 13.3. The minimum atomic E-state index is -0.368. The number of hydrogen-bond donors (Lipinski definition) is 3. The van der Waals surface area contributed by atoms with E-state index in [0.717, 1.165) is 79.8 Å². The summed E-state index contributed by atoms with van der Waals surface area (Å²) < 4.78 is 4.97. The molecular weight excluding hydrogens is 542 g/mol. The van der Waals surface area contributed by atoms with Crippen molar-refractivity contribution in [1.82, 2.24) is 10.8 Å². The Morgan fingerprint density at radius 3 is 2.47 bits per heavy atom. The Bertz CT molecular complexity index is 1730. The summed E-state index contributed by atoms with van der Waals surface area (Å²) in [4.78, 5) is 41.1. The smallest absolute Gasteiger partial charge is 0.305 e. The van der Waals surface area contributed by atoms with Crippen LogP contribution >= 0.6 is 0 Å². The van der Waals surface area contributed by atoms with Crippen LogP contribution in [0.2, 0.25) is 0 Å². The second-order valence-electron chi connectivity index (χ2n) is 11.8. The second-order valence-corrected chi connectivity index (χ2v) is 11.8. The molecule has 9 heteroatoms. The average Bonchev–Trinajstić information content (AvgIpc) is 3.71. The number of carbonyl (C=O) groups is 2. The maximum absolute atomic E-state index is 13.8. The van der Waals surface area contributed by atoms with Gasteiger partial charge in [-0.3, -0.25) is 20.3 Å². The van der Waals surface area contributed by atoms with Crippen LogP contribution in [-0.2, 0) is 14.3 Å². The number of aliphatic imine (C=N–C) groups is 3. The fraction of sp³-hybridized carbons (Fsp3) is 0.382. The zero-order chi connectivity index (χ0) is 30.7. The molecule has 0 aromatic rings. The fourth-order valence-electron chi connectivity index (χ4n) is 6.99. The lowest BCUT2D eigenvalue weighted by Gasteiger charge is -2.18. The van der Waals surface area contributed by atoms with Crippen LogP contribution in [0.5, 0.6) is 0 Å². The highest BCUT2D eigenvalue weighted by Gasteiger charge is 2.46. The number of nitrogens with zero attached hydrogens (tertiary/aromatic N) is 3. The Morgan fingerprint density at radius 1 is 1.05 bits per heavy atom. The molecule has 1 saturated carbocycles. The van der Waals surface area contributed by atoms with Crippen molar-refractivity contribution in [1.29, 1.82) is 0 Å². The van der Waals surface area contributed by atoms with E-state index in [9.17, 15) is 14.8 Å². The highest BCUT2D eigenvalue weighted by Crippen LogP contribution is 2.47. The van der Waals surface area contributed by atoms with Gasteiger partial charge in [0.15, 0.2) is 5.78 Å². The third-order valence-corrected chi connectivity index (χ3v) is 9.57. The topological polar surface area (TPSA) is 125 Å². The van der Waals surface area contributed by atoms with Crippen LogP contribution in [0.25, 0.3) is 0 Å². The van der Waals surface area contributed by atoms with Gasteiger partial charge in [0.2, 0.25) is 0 Å². The Balaban J connectivity index is 1.63. The summed E-state index contributed by atoms with van der Waals surface area (Å²) >= 11 is 0. The molecule has 0 aromatic carbocycles. The lowest BCUT2D eigenvalue weighted by Crippen LogP contribution is -2.18. The number of Topliss-reactive ketones (excluding diaryl/α,β-unsaturated/α-hetero) is 1. The lowest BCUT2D eigenvalue weighted by atomic mass is 9.85. The molecule has 0 radical (unpaired) electrons. The van der Waals surface area contributed by atoms with Crippen molar-refractivity contribution in [3.05, 3.63) is 91.9 Å². The van der Waals surface area contributed by atoms with Crippen LogP contribution in [0.15, 0.2) is 107 Å². The Morgan fingerprint density at radius 2 is 1.77 bits per heavy atom. The number of hydrogen-bond acceptors (Lipinski definition) is 9. The van der Waals surface area contributed by atoms with Gasteiger partial charge in [0, 0.05) is 58.5 Å². The van der Waals surface area contributed by atoms with E-state index in [1.807, 2.05) is 39.0 Å². The van der Waals surface area contributed by atoms with Crippen molar-refractivity contribution >= 4 is 28.9 Å². The van der Waals surface area contributed by atoms with Crippen molar-refractivity contribution in [2.75, 3.05) is 7.11 Å². The normalized spacial score (nSPS) is 27.0. The van der Waals surface area contributed by atoms with Gasteiger partial charge in [-0.05, 0) is 74.1 Å². The van der Waals surface area contributed by atoms with Crippen molar-refractivity contribution in [3.63, 3.8) is 0 Å². The van der Waals surface area contributed by atoms with Crippen LogP contribution in [0, 0.1) is 17.8 Å². The molecule has 0 aromatic heterocycles. The van der Waals surface area contributed by atoms with Crippen molar-refractivity contribution in [3.8, 4) is 0 Å². The lowest BCUT2D eigenvalue weighted by molar-refractivity contribution is -0.140. The zero-order valence-corrected chi connectivity index (χ0v) is 25.7. The highest BCUT2D eigenvalue weighted by molar-refractivity contribution is 6.39. The number of hydroxylamine groups is 1. The number of fused-ring (bicyclic) bond motifs is 5. The number of rotatable bonds is 5. The molecule has 222 valence electrons. The summed E-state index contributed by atoms with van der Waals surface area (Å²) in [7, 11) is 1.40. The predicted octanol–water partition coefficient (Wildman–Crippen LogP) is 5.48. The van der Waals surface area contributed by atoms with Crippen molar-refractivity contribution in [2.24, 2.45) is 32.7 Å². The van der Waals surface area contributed by atoms with E-state index in [4.69, 9.17) is 19.7 Å². The van der Waals surface area contributed by atoms with E-state index in [0.29, 0.717) is 17.7 Å².